The number of hydrogen-bond donors (Lipinski definition) is 1. The Morgan fingerprint density at radius 1 is 1.17 bits per heavy atom. The molecule has 23 heavy (non-hydrogen) atoms. The molecule has 0 aromatic heterocycles. The first-order valence-corrected chi connectivity index (χ1v) is 8.69. The number of methoxy groups -OCH3 is 1. The second-order valence-electron chi connectivity index (χ2n) is 5.56. The van der Waals surface area contributed by atoms with E-state index in [4.69, 9.17) is 9.47 Å². The molecule has 0 aliphatic heterocycles. The highest BCUT2D eigenvalue weighted by molar-refractivity contribution is 9.10. The van der Waals surface area contributed by atoms with E-state index >= 15 is 0 Å². The molecule has 1 N–H and O–H groups in total. The highest BCUT2D eigenvalue weighted by atomic mass is 79.9. The average molecular weight is 378 g/mol. The number of ether oxygens (including phenoxy) is 2. The summed E-state index contributed by atoms with van der Waals surface area (Å²) in [7, 11) is 1.67. The zero-order valence-electron chi connectivity index (χ0n) is 13.9. The van der Waals surface area contributed by atoms with Crippen LogP contribution in [0.2, 0.25) is 0 Å². The summed E-state index contributed by atoms with van der Waals surface area (Å²) < 4.78 is 12.6. The predicted molar refractivity (Wildman–Crippen MR) is 98.1 cm³/mol. The highest BCUT2D eigenvalue weighted by Crippen LogP contribution is 2.35. The molecule has 0 unspecified atom stereocenters. The Hall–Kier alpha value is -1.52. The van der Waals surface area contributed by atoms with Gasteiger partial charge in [0.25, 0.3) is 0 Å². The van der Waals surface area contributed by atoms with Gasteiger partial charge in [-0.3, -0.25) is 0 Å². The maximum absolute atomic E-state index is 6.08. The number of benzene rings is 2. The first-order chi connectivity index (χ1) is 11.1. The minimum absolute atomic E-state index is 0.460. The van der Waals surface area contributed by atoms with E-state index in [-0.39, 0.29) is 0 Å². The van der Waals surface area contributed by atoms with Gasteiger partial charge in [0.2, 0.25) is 0 Å². The lowest BCUT2D eigenvalue weighted by atomic mass is 10.1. The number of halogens is 1. The fourth-order valence-corrected chi connectivity index (χ4v) is 2.71. The number of nitrogens with one attached hydrogen (secondary N) is 1. The molecule has 0 saturated carbocycles. The van der Waals surface area contributed by atoms with Gasteiger partial charge in [-0.2, -0.15) is 0 Å². The van der Waals surface area contributed by atoms with Crippen LogP contribution in [-0.4, -0.2) is 13.2 Å². The fraction of sp³-hybridized carbons (Fsp3) is 0.368. The number of rotatable bonds is 8. The molecule has 4 heteroatoms. The van der Waals surface area contributed by atoms with E-state index in [1.165, 1.54) is 0 Å². The molecule has 124 valence electrons. The van der Waals surface area contributed by atoms with Gasteiger partial charge in [0.05, 0.1) is 7.11 Å². The van der Waals surface area contributed by atoms with E-state index < -0.39 is 0 Å². The second-order valence-corrected chi connectivity index (χ2v) is 6.48. The zero-order chi connectivity index (χ0) is 16.7. The minimum atomic E-state index is 0.460. The Morgan fingerprint density at radius 2 is 1.91 bits per heavy atom. The van der Waals surface area contributed by atoms with Gasteiger partial charge in [-0.1, -0.05) is 53.2 Å². The van der Waals surface area contributed by atoms with Gasteiger partial charge in [0.1, 0.15) is 6.61 Å². The number of hydrogen-bond acceptors (Lipinski definition) is 3. The third kappa shape index (κ3) is 5.26. The van der Waals surface area contributed by atoms with E-state index in [1.54, 1.807) is 7.11 Å². The van der Waals surface area contributed by atoms with E-state index in [1.807, 2.05) is 24.3 Å². The van der Waals surface area contributed by atoms with E-state index in [0.29, 0.717) is 12.6 Å². The van der Waals surface area contributed by atoms with Crippen molar-refractivity contribution in [1.82, 2.24) is 5.32 Å². The molecule has 0 saturated heterocycles. The zero-order valence-corrected chi connectivity index (χ0v) is 15.5. The summed E-state index contributed by atoms with van der Waals surface area (Å²) >= 11 is 3.54. The van der Waals surface area contributed by atoms with Crippen molar-refractivity contribution in [3.63, 3.8) is 0 Å². The van der Waals surface area contributed by atoms with Crippen LogP contribution >= 0.6 is 15.9 Å². The molecule has 0 spiro atoms. The van der Waals surface area contributed by atoms with Crippen molar-refractivity contribution in [2.75, 3.05) is 7.11 Å². The van der Waals surface area contributed by atoms with Gasteiger partial charge in [0, 0.05) is 22.6 Å². The van der Waals surface area contributed by atoms with E-state index in [9.17, 15) is 0 Å². The molecular formula is C19H24BrNO2. The summed E-state index contributed by atoms with van der Waals surface area (Å²) in [6, 6.07) is 14.6. The first-order valence-electron chi connectivity index (χ1n) is 7.90. The molecule has 3 nitrogen and oxygen atoms in total. The van der Waals surface area contributed by atoms with E-state index in [0.717, 1.165) is 40.1 Å². The second kappa shape index (κ2) is 8.94. The summed E-state index contributed by atoms with van der Waals surface area (Å²) in [5, 5.41) is 3.51. The Morgan fingerprint density at radius 3 is 2.57 bits per heavy atom. The van der Waals surface area contributed by atoms with Gasteiger partial charge in [-0.05, 0) is 31.0 Å². The van der Waals surface area contributed by atoms with Crippen molar-refractivity contribution in [3.05, 3.63) is 58.1 Å². The minimum Gasteiger partial charge on any atom is -0.493 e. The van der Waals surface area contributed by atoms with Crippen LogP contribution in [-0.2, 0) is 13.2 Å². The third-order valence-corrected chi connectivity index (χ3v) is 4.25. The van der Waals surface area contributed by atoms with Gasteiger partial charge < -0.3 is 14.8 Å². The molecule has 0 heterocycles. The van der Waals surface area contributed by atoms with Crippen LogP contribution in [0.1, 0.15) is 31.4 Å². The van der Waals surface area contributed by atoms with Crippen LogP contribution in [0.5, 0.6) is 11.5 Å². The molecule has 0 bridgehead atoms. The van der Waals surface area contributed by atoms with Gasteiger partial charge >= 0.3 is 0 Å². The first kappa shape index (κ1) is 17.8. The predicted octanol–water partition coefficient (Wildman–Crippen LogP) is 4.92. The molecule has 2 rings (SSSR count). The van der Waals surface area contributed by atoms with Crippen molar-refractivity contribution in [1.29, 1.82) is 0 Å². The van der Waals surface area contributed by atoms with Crippen LogP contribution in [0.15, 0.2) is 46.9 Å². The summed E-state index contributed by atoms with van der Waals surface area (Å²) in [6.07, 6.45) is 1.09. The molecule has 0 radical (unpaired) electrons. The van der Waals surface area contributed by atoms with Gasteiger partial charge in [0.15, 0.2) is 11.5 Å². The summed E-state index contributed by atoms with van der Waals surface area (Å²) in [5.74, 6) is 1.55. The van der Waals surface area contributed by atoms with Crippen LogP contribution < -0.4 is 14.8 Å². The Bertz CT molecular complexity index is 616. The Labute approximate surface area is 147 Å². The van der Waals surface area contributed by atoms with Crippen LogP contribution in [0.4, 0.5) is 0 Å². The standard InChI is InChI=1S/C19H24BrNO2/c1-4-14(2)21-12-16-10-17(20)11-18(22-3)19(16)23-13-15-8-6-5-7-9-15/h5-11,14,21H,4,12-13H2,1-3H3/t14-/m0/s1. The topological polar surface area (TPSA) is 30.5 Å². The average Bonchev–Trinajstić information content (AvgIpc) is 2.58. The molecule has 2 aromatic carbocycles. The lowest BCUT2D eigenvalue weighted by Crippen LogP contribution is -2.24. The summed E-state index contributed by atoms with van der Waals surface area (Å²) in [5.41, 5.74) is 2.23. The van der Waals surface area contributed by atoms with Crippen molar-refractivity contribution in [3.8, 4) is 11.5 Å². The summed E-state index contributed by atoms with van der Waals surface area (Å²) in [6.45, 7) is 5.62. The Kier molecular flexibility index (Phi) is 6.93. The monoisotopic (exact) mass is 377 g/mol. The molecule has 1 atom stereocenters. The van der Waals surface area contributed by atoms with Crippen molar-refractivity contribution < 1.29 is 9.47 Å². The third-order valence-electron chi connectivity index (χ3n) is 3.80. The highest BCUT2D eigenvalue weighted by Gasteiger charge is 2.13. The maximum Gasteiger partial charge on any atom is 0.166 e. The molecule has 0 amide bonds. The SMILES string of the molecule is CC[C@H](C)NCc1cc(Br)cc(OC)c1OCc1ccccc1. The lowest BCUT2D eigenvalue weighted by Gasteiger charge is -2.18. The quantitative estimate of drug-likeness (QED) is 0.707. The van der Waals surface area contributed by atoms with Crippen LogP contribution in [0.25, 0.3) is 0 Å². The summed E-state index contributed by atoms with van der Waals surface area (Å²) in [4.78, 5) is 0. The lowest BCUT2D eigenvalue weighted by molar-refractivity contribution is 0.280. The van der Waals surface area contributed by atoms with Crippen LogP contribution in [0, 0.1) is 0 Å². The molecule has 0 aliphatic carbocycles. The van der Waals surface area contributed by atoms with Crippen molar-refractivity contribution >= 4 is 15.9 Å². The molecule has 0 fully saturated rings. The van der Waals surface area contributed by atoms with Crippen molar-refractivity contribution in [2.45, 2.75) is 39.5 Å². The molecule has 2 aromatic rings. The fourth-order valence-electron chi connectivity index (χ4n) is 2.23. The largest absolute Gasteiger partial charge is 0.493 e. The van der Waals surface area contributed by atoms with Crippen LogP contribution in [0.3, 0.4) is 0 Å². The Balaban J connectivity index is 2.20. The molecular weight excluding hydrogens is 354 g/mol. The normalized spacial score (nSPS) is 12.0. The van der Waals surface area contributed by atoms with E-state index in [2.05, 4.69) is 53.3 Å². The van der Waals surface area contributed by atoms with Crippen molar-refractivity contribution in [2.24, 2.45) is 0 Å². The smallest absolute Gasteiger partial charge is 0.166 e. The van der Waals surface area contributed by atoms with Gasteiger partial charge in [-0.15, -0.1) is 0 Å². The molecule has 0 aliphatic rings. The maximum atomic E-state index is 6.08. The van der Waals surface area contributed by atoms with Gasteiger partial charge in [-0.25, -0.2) is 0 Å².